The number of nitrogens with zero attached hydrogens (tertiary/aromatic N) is 1. The third-order valence-corrected chi connectivity index (χ3v) is 5.73. The molecule has 128 valence electrons. The zero-order valence-corrected chi connectivity index (χ0v) is 15.6. The molecule has 1 aliphatic heterocycles. The second-order valence-electron chi connectivity index (χ2n) is 6.12. The minimum atomic E-state index is 0.0633. The molecule has 1 unspecified atom stereocenters. The Morgan fingerprint density at radius 1 is 1.29 bits per heavy atom. The van der Waals surface area contributed by atoms with Crippen LogP contribution in [0.3, 0.4) is 0 Å². The van der Waals surface area contributed by atoms with Crippen LogP contribution >= 0.6 is 34.5 Å². The molecule has 0 spiro atoms. The summed E-state index contributed by atoms with van der Waals surface area (Å²) in [5.74, 6) is 0.0633. The fourth-order valence-electron chi connectivity index (χ4n) is 3.04. The number of benzene rings is 1. The second-order valence-corrected chi connectivity index (χ2v) is 7.71. The van der Waals surface area contributed by atoms with E-state index in [0.29, 0.717) is 22.9 Å². The average Bonchev–Trinajstić information content (AvgIpc) is 3.19. The smallest absolute Gasteiger partial charge is 0.220 e. The minimum Gasteiger partial charge on any atom is -0.352 e. The Balaban J connectivity index is 1.44. The zero-order chi connectivity index (χ0) is 16.9. The molecule has 1 fully saturated rings. The quantitative estimate of drug-likeness (QED) is 0.803. The van der Waals surface area contributed by atoms with Crippen LogP contribution in [0.15, 0.2) is 35.0 Å². The molecule has 2 heterocycles. The van der Waals surface area contributed by atoms with Gasteiger partial charge in [-0.3, -0.25) is 9.69 Å². The minimum absolute atomic E-state index is 0.0633. The molecule has 3 nitrogen and oxygen atoms in total. The number of rotatable bonds is 6. The van der Waals surface area contributed by atoms with Gasteiger partial charge in [0, 0.05) is 42.1 Å². The first-order chi connectivity index (χ1) is 11.6. The van der Waals surface area contributed by atoms with Gasteiger partial charge in [0.25, 0.3) is 0 Å². The fourth-order valence-corrected chi connectivity index (χ4v) is 4.29. The number of halogens is 2. The van der Waals surface area contributed by atoms with Gasteiger partial charge in [-0.2, -0.15) is 11.3 Å². The first-order valence-electron chi connectivity index (χ1n) is 8.07. The maximum atomic E-state index is 12.2. The number of carbonyl (C=O) groups is 1. The molecule has 1 aromatic heterocycles. The highest BCUT2D eigenvalue weighted by atomic mass is 35.5. The summed E-state index contributed by atoms with van der Waals surface area (Å²) < 4.78 is 0. The molecule has 0 saturated carbocycles. The Morgan fingerprint density at radius 3 is 2.79 bits per heavy atom. The van der Waals surface area contributed by atoms with Crippen LogP contribution in [0.25, 0.3) is 0 Å². The van der Waals surface area contributed by atoms with Crippen molar-refractivity contribution in [3.63, 3.8) is 0 Å². The topological polar surface area (TPSA) is 32.3 Å². The van der Waals surface area contributed by atoms with Crippen LogP contribution in [0.1, 0.15) is 24.0 Å². The summed E-state index contributed by atoms with van der Waals surface area (Å²) in [4.78, 5) is 14.6. The molecule has 1 atom stereocenters. The highest BCUT2D eigenvalue weighted by Crippen LogP contribution is 2.25. The monoisotopic (exact) mass is 382 g/mol. The van der Waals surface area contributed by atoms with Crippen LogP contribution in [-0.2, 0) is 17.8 Å². The van der Waals surface area contributed by atoms with E-state index in [4.69, 9.17) is 23.2 Å². The summed E-state index contributed by atoms with van der Waals surface area (Å²) in [7, 11) is 0. The maximum absolute atomic E-state index is 12.2. The number of likely N-dealkylation sites (tertiary alicyclic amines) is 1. The molecule has 3 rings (SSSR count). The lowest BCUT2D eigenvalue weighted by Crippen LogP contribution is -2.37. The first-order valence-corrected chi connectivity index (χ1v) is 9.77. The van der Waals surface area contributed by atoms with Gasteiger partial charge in [-0.25, -0.2) is 0 Å². The molecule has 24 heavy (non-hydrogen) atoms. The van der Waals surface area contributed by atoms with E-state index >= 15 is 0 Å². The molecule has 1 amide bonds. The zero-order valence-electron chi connectivity index (χ0n) is 13.3. The van der Waals surface area contributed by atoms with Crippen LogP contribution < -0.4 is 5.32 Å². The Morgan fingerprint density at radius 2 is 2.08 bits per heavy atom. The number of hydrogen-bond donors (Lipinski definition) is 1. The lowest BCUT2D eigenvalue weighted by Gasteiger charge is -2.16. The molecule has 6 heteroatoms. The number of nitrogens with one attached hydrogen (secondary N) is 1. The lowest BCUT2D eigenvalue weighted by atomic mass is 10.1. The molecular weight excluding hydrogens is 363 g/mol. The predicted molar refractivity (Wildman–Crippen MR) is 101 cm³/mol. The van der Waals surface area contributed by atoms with Crippen LogP contribution in [0, 0.1) is 0 Å². The van der Waals surface area contributed by atoms with Crippen molar-refractivity contribution in [3.05, 3.63) is 56.2 Å². The largest absolute Gasteiger partial charge is 0.352 e. The molecule has 1 aromatic carbocycles. The van der Waals surface area contributed by atoms with E-state index in [-0.39, 0.29) is 11.9 Å². The van der Waals surface area contributed by atoms with Crippen molar-refractivity contribution in [2.45, 2.75) is 31.8 Å². The third-order valence-electron chi connectivity index (χ3n) is 4.29. The van der Waals surface area contributed by atoms with Gasteiger partial charge in [-0.15, -0.1) is 0 Å². The molecule has 1 saturated heterocycles. The normalized spacial score (nSPS) is 18.0. The van der Waals surface area contributed by atoms with Crippen LogP contribution in [0.4, 0.5) is 0 Å². The van der Waals surface area contributed by atoms with Gasteiger partial charge in [-0.05, 0) is 52.9 Å². The van der Waals surface area contributed by atoms with E-state index < -0.39 is 0 Å². The standard InChI is InChI=1S/C18H20Cl2N2OS/c19-16-2-1-3-17(20)15(16)4-5-18(23)21-14-6-8-22(11-14)10-13-7-9-24-12-13/h1-3,7,9,12,14H,4-6,8,10-11H2,(H,21,23). The second kappa shape index (κ2) is 8.34. The summed E-state index contributed by atoms with van der Waals surface area (Å²) in [6.45, 7) is 2.90. The van der Waals surface area contributed by atoms with Crippen molar-refractivity contribution in [2.75, 3.05) is 13.1 Å². The number of hydrogen-bond acceptors (Lipinski definition) is 3. The summed E-state index contributed by atoms with van der Waals surface area (Å²) >= 11 is 14.0. The van der Waals surface area contributed by atoms with E-state index in [0.717, 1.165) is 31.6 Å². The van der Waals surface area contributed by atoms with E-state index in [1.807, 2.05) is 6.07 Å². The summed E-state index contributed by atoms with van der Waals surface area (Å²) in [6.07, 6.45) is 1.98. The third kappa shape index (κ3) is 4.73. The van der Waals surface area contributed by atoms with Crippen molar-refractivity contribution >= 4 is 40.4 Å². The summed E-state index contributed by atoms with van der Waals surface area (Å²) in [6, 6.07) is 7.82. The summed E-state index contributed by atoms with van der Waals surface area (Å²) in [5.41, 5.74) is 2.20. The van der Waals surface area contributed by atoms with E-state index in [1.54, 1.807) is 23.5 Å². The Hall–Kier alpha value is -1.07. The van der Waals surface area contributed by atoms with Crippen LogP contribution in [0.2, 0.25) is 10.0 Å². The number of amides is 1. The summed E-state index contributed by atoms with van der Waals surface area (Å²) in [5, 5.41) is 8.66. The lowest BCUT2D eigenvalue weighted by molar-refractivity contribution is -0.121. The van der Waals surface area contributed by atoms with Gasteiger partial charge in [0.05, 0.1) is 0 Å². The van der Waals surface area contributed by atoms with Crippen molar-refractivity contribution in [2.24, 2.45) is 0 Å². The average molecular weight is 383 g/mol. The van der Waals surface area contributed by atoms with Crippen molar-refractivity contribution in [3.8, 4) is 0 Å². The van der Waals surface area contributed by atoms with Crippen molar-refractivity contribution in [1.82, 2.24) is 10.2 Å². The molecule has 0 bridgehead atoms. The van der Waals surface area contributed by atoms with E-state index in [1.165, 1.54) is 5.56 Å². The highest BCUT2D eigenvalue weighted by molar-refractivity contribution is 7.07. The van der Waals surface area contributed by atoms with Crippen molar-refractivity contribution < 1.29 is 4.79 Å². The van der Waals surface area contributed by atoms with Crippen LogP contribution in [-0.4, -0.2) is 29.9 Å². The van der Waals surface area contributed by atoms with Gasteiger partial charge in [-0.1, -0.05) is 29.3 Å². The van der Waals surface area contributed by atoms with Gasteiger partial charge in [0.15, 0.2) is 0 Å². The van der Waals surface area contributed by atoms with E-state index in [2.05, 4.69) is 27.0 Å². The molecule has 0 aliphatic carbocycles. The molecule has 2 aromatic rings. The SMILES string of the molecule is O=C(CCc1c(Cl)cccc1Cl)NC1CCN(Cc2ccsc2)C1. The first kappa shape index (κ1) is 17.7. The van der Waals surface area contributed by atoms with Crippen molar-refractivity contribution in [1.29, 1.82) is 0 Å². The number of carbonyl (C=O) groups excluding carboxylic acids is 1. The number of thiophene rings is 1. The molecule has 1 N–H and O–H groups in total. The predicted octanol–water partition coefficient (Wildman–Crippen LogP) is 4.38. The highest BCUT2D eigenvalue weighted by Gasteiger charge is 2.23. The van der Waals surface area contributed by atoms with E-state index in [9.17, 15) is 4.79 Å². The molecule has 0 radical (unpaired) electrons. The maximum Gasteiger partial charge on any atom is 0.220 e. The Labute approximate surface area is 156 Å². The fraction of sp³-hybridized carbons (Fsp3) is 0.389. The Bertz CT molecular complexity index is 670. The van der Waals surface area contributed by atoms with Crippen LogP contribution in [0.5, 0.6) is 0 Å². The van der Waals surface area contributed by atoms with Gasteiger partial charge < -0.3 is 5.32 Å². The van der Waals surface area contributed by atoms with Gasteiger partial charge >= 0.3 is 0 Å². The molecular formula is C18H20Cl2N2OS. The molecule has 1 aliphatic rings. The Kier molecular flexibility index (Phi) is 6.17. The van der Waals surface area contributed by atoms with Gasteiger partial charge in [0.1, 0.15) is 0 Å². The van der Waals surface area contributed by atoms with Gasteiger partial charge in [0.2, 0.25) is 5.91 Å².